The van der Waals surface area contributed by atoms with Gasteiger partial charge in [0.15, 0.2) is 0 Å². The number of carbonyl (C=O) groups is 1. The number of fused-ring (bicyclic) bond motifs is 1. The molecule has 0 bridgehead atoms. The maximum Gasteiger partial charge on any atom is 0.264 e. The van der Waals surface area contributed by atoms with Gasteiger partial charge in [-0.05, 0) is 58.8 Å². The number of anilines is 1. The third-order valence-electron chi connectivity index (χ3n) is 3.69. The molecule has 3 rings (SSSR count). The first-order chi connectivity index (χ1) is 11.9. The summed E-state index contributed by atoms with van der Waals surface area (Å²) in [6.45, 7) is -0.528. The van der Waals surface area contributed by atoms with E-state index >= 15 is 0 Å². The monoisotopic (exact) mass is 377 g/mol. The van der Waals surface area contributed by atoms with Crippen molar-refractivity contribution in [1.29, 1.82) is 0 Å². The maximum atomic E-state index is 13.1. The summed E-state index contributed by atoms with van der Waals surface area (Å²) in [5.74, 6) is -0.551. The first kappa shape index (κ1) is 17.4. The predicted octanol–water partition coefficient (Wildman–Crippen LogP) is 3.94. The molecule has 0 unspecified atom stereocenters. The van der Waals surface area contributed by atoms with Crippen molar-refractivity contribution in [3.63, 3.8) is 0 Å². The van der Waals surface area contributed by atoms with Crippen LogP contribution in [-0.2, 0) is 14.8 Å². The zero-order chi connectivity index (χ0) is 18.0. The highest BCUT2D eigenvalue weighted by Gasteiger charge is 2.26. The summed E-state index contributed by atoms with van der Waals surface area (Å²) < 4.78 is 39.8. The van der Waals surface area contributed by atoms with E-state index in [0.717, 1.165) is 39.3 Å². The molecule has 0 fully saturated rings. The van der Waals surface area contributed by atoms with Gasteiger partial charge in [-0.2, -0.15) is 0 Å². The second-order valence-corrected chi connectivity index (χ2v) is 7.64. The fourth-order valence-corrected chi connectivity index (χ4v) is 4.10. The van der Waals surface area contributed by atoms with Gasteiger partial charge < -0.3 is 0 Å². The zero-order valence-electron chi connectivity index (χ0n) is 12.9. The average Bonchev–Trinajstić information content (AvgIpc) is 2.59. The van der Waals surface area contributed by atoms with E-state index in [2.05, 4.69) is 0 Å². The summed E-state index contributed by atoms with van der Waals surface area (Å²) in [4.78, 5) is 11.3. The van der Waals surface area contributed by atoms with Gasteiger partial charge in [0.25, 0.3) is 10.0 Å². The van der Waals surface area contributed by atoms with Crippen molar-refractivity contribution in [3.05, 3.63) is 72.5 Å². The number of hydrogen-bond donors (Lipinski definition) is 0. The number of rotatable bonds is 5. The van der Waals surface area contributed by atoms with E-state index in [1.165, 1.54) is 0 Å². The van der Waals surface area contributed by atoms with Gasteiger partial charge in [-0.15, -0.1) is 0 Å². The van der Waals surface area contributed by atoms with Gasteiger partial charge in [0.1, 0.15) is 12.4 Å². The smallest absolute Gasteiger partial charge is 0.264 e. The Hall–Kier alpha value is -2.44. The molecule has 3 aromatic rings. The highest BCUT2D eigenvalue weighted by molar-refractivity contribution is 7.92. The summed E-state index contributed by atoms with van der Waals surface area (Å²) in [6, 6.07) is 16.9. The lowest BCUT2D eigenvalue weighted by Crippen LogP contribution is -2.34. The quantitative estimate of drug-likeness (QED) is 0.633. The number of halogens is 2. The third-order valence-corrected chi connectivity index (χ3v) is 5.60. The Morgan fingerprint density at radius 3 is 2.24 bits per heavy atom. The first-order valence-corrected chi connectivity index (χ1v) is 9.15. The van der Waals surface area contributed by atoms with E-state index in [4.69, 9.17) is 11.6 Å². The van der Waals surface area contributed by atoms with Crippen LogP contribution in [0.1, 0.15) is 0 Å². The molecular formula is C18H13ClFNO3S. The minimum atomic E-state index is -4.07. The molecule has 0 saturated carbocycles. The number of benzene rings is 3. The maximum absolute atomic E-state index is 13.1. The van der Waals surface area contributed by atoms with E-state index < -0.39 is 27.6 Å². The van der Waals surface area contributed by atoms with Gasteiger partial charge in [-0.25, -0.2) is 12.8 Å². The van der Waals surface area contributed by atoms with Gasteiger partial charge in [0.05, 0.1) is 10.6 Å². The van der Waals surface area contributed by atoms with Crippen LogP contribution in [0.25, 0.3) is 10.8 Å². The molecule has 7 heteroatoms. The predicted molar refractivity (Wildman–Crippen MR) is 95.7 cm³/mol. The Bertz CT molecular complexity index is 1040. The minimum Gasteiger partial charge on any atom is -0.279 e. The minimum absolute atomic E-state index is 0.125. The molecular weight excluding hydrogens is 365 g/mol. The SMILES string of the molecule is O=C(Cl)CN(c1ccc2ccccc2c1)S(=O)(=O)c1ccc(F)cc1. The molecule has 0 aliphatic heterocycles. The molecule has 0 aromatic heterocycles. The molecule has 25 heavy (non-hydrogen) atoms. The molecule has 0 aliphatic rings. The summed E-state index contributed by atoms with van der Waals surface area (Å²) in [7, 11) is -4.07. The van der Waals surface area contributed by atoms with Crippen LogP contribution >= 0.6 is 11.6 Å². The van der Waals surface area contributed by atoms with Crippen molar-refractivity contribution in [2.24, 2.45) is 0 Å². The highest BCUT2D eigenvalue weighted by atomic mass is 35.5. The molecule has 0 N–H and O–H groups in total. The topological polar surface area (TPSA) is 54.5 Å². The lowest BCUT2D eigenvalue weighted by molar-refractivity contribution is -0.110. The van der Waals surface area contributed by atoms with Crippen molar-refractivity contribution < 1.29 is 17.6 Å². The Morgan fingerprint density at radius 1 is 0.960 bits per heavy atom. The lowest BCUT2D eigenvalue weighted by Gasteiger charge is -2.23. The van der Waals surface area contributed by atoms with Crippen LogP contribution in [-0.4, -0.2) is 20.2 Å². The van der Waals surface area contributed by atoms with E-state index in [-0.39, 0.29) is 4.90 Å². The van der Waals surface area contributed by atoms with Gasteiger partial charge in [-0.3, -0.25) is 9.10 Å². The zero-order valence-corrected chi connectivity index (χ0v) is 14.5. The molecule has 0 amide bonds. The number of hydrogen-bond acceptors (Lipinski definition) is 3. The molecule has 0 atom stereocenters. The van der Waals surface area contributed by atoms with Gasteiger partial charge in [0.2, 0.25) is 5.24 Å². The van der Waals surface area contributed by atoms with Crippen molar-refractivity contribution in [1.82, 2.24) is 0 Å². The van der Waals surface area contributed by atoms with Crippen LogP contribution < -0.4 is 4.31 Å². The molecule has 0 spiro atoms. The van der Waals surface area contributed by atoms with Crippen molar-refractivity contribution in [3.8, 4) is 0 Å². The second-order valence-electron chi connectivity index (χ2n) is 5.35. The fourth-order valence-electron chi connectivity index (χ4n) is 2.49. The third kappa shape index (κ3) is 3.65. The molecule has 3 aromatic carbocycles. The highest BCUT2D eigenvalue weighted by Crippen LogP contribution is 2.27. The van der Waals surface area contributed by atoms with E-state index in [9.17, 15) is 17.6 Å². The Labute approximate surface area is 149 Å². The van der Waals surface area contributed by atoms with Gasteiger partial charge >= 0.3 is 0 Å². The Morgan fingerprint density at radius 2 is 1.60 bits per heavy atom. The number of carbonyl (C=O) groups excluding carboxylic acids is 1. The number of nitrogens with zero attached hydrogens (tertiary/aromatic N) is 1. The molecule has 0 heterocycles. The van der Waals surface area contributed by atoms with Crippen LogP contribution in [0.3, 0.4) is 0 Å². The van der Waals surface area contributed by atoms with Crippen LogP contribution in [0.2, 0.25) is 0 Å². The Kier molecular flexibility index (Phi) is 4.74. The van der Waals surface area contributed by atoms with Crippen molar-refractivity contribution >= 4 is 43.3 Å². The first-order valence-electron chi connectivity index (χ1n) is 7.33. The molecule has 0 aliphatic carbocycles. The fraction of sp³-hybridized carbons (Fsp3) is 0.0556. The summed E-state index contributed by atoms with van der Waals surface area (Å²) in [5, 5.41) is 0.933. The van der Waals surface area contributed by atoms with Crippen LogP contribution in [0.15, 0.2) is 71.6 Å². The molecule has 4 nitrogen and oxygen atoms in total. The second kappa shape index (κ2) is 6.82. The van der Waals surface area contributed by atoms with Crippen LogP contribution in [0.4, 0.5) is 10.1 Å². The van der Waals surface area contributed by atoms with Crippen LogP contribution in [0.5, 0.6) is 0 Å². The van der Waals surface area contributed by atoms with Gasteiger partial charge in [-0.1, -0.05) is 30.3 Å². The Balaban J connectivity index is 2.12. The summed E-state index contributed by atoms with van der Waals surface area (Å²) >= 11 is 5.45. The van der Waals surface area contributed by atoms with Crippen molar-refractivity contribution in [2.45, 2.75) is 4.90 Å². The molecule has 128 valence electrons. The number of sulfonamides is 1. The average molecular weight is 378 g/mol. The molecule has 0 saturated heterocycles. The standard InChI is InChI=1S/C18H13ClFNO3S/c19-18(22)12-21(25(23,24)17-9-6-15(20)7-10-17)16-8-5-13-3-1-2-4-14(13)11-16/h1-11H,12H2. The normalized spacial score (nSPS) is 11.4. The van der Waals surface area contributed by atoms with Gasteiger partial charge in [0, 0.05) is 0 Å². The van der Waals surface area contributed by atoms with E-state index in [1.807, 2.05) is 24.3 Å². The summed E-state index contributed by atoms with van der Waals surface area (Å²) in [5.41, 5.74) is 0.303. The summed E-state index contributed by atoms with van der Waals surface area (Å²) in [6.07, 6.45) is 0. The lowest BCUT2D eigenvalue weighted by atomic mass is 10.1. The van der Waals surface area contributed by atoms with Crippen molar-refractivity contribution in [2.75, 3.05) is 10.8 Å². The van der Waals surface area contributed by atoms with E-state index in [0.29, 0.717) is 5.69 Å². The van der Waals surface area contributed by atoms with Crippen LogP contribution in [0, 0.1) is 5.82 Å². The molecule has 0 radical (unpaired) electrons. The largest absolute Gasteiger partial charge is 0.279 e. The van der Waals surface area contributed by atoms with E-state index in [1.54, 1.807) is 18.2 Å².